The summed E-state index contributed by atoms with van der Waals surface area (Å²) in [4.78, 5) is 0. The maximum Gasteiger partial charge on any atom is 0.0831 e. The van der Waals surface area contributed by atoms with Gasteiger partial charge in [0.2, 0.25) is 0 Å². The van der Waals surface area contributed by atoms with E-state index >= 15 is 0 Å². The van der Waals surface area contributed by atoms with E-state index in [2.05, 4.69) is 36.9 Å². The molecule has 0 bridgehead atoms. The second-order valence-corrected chi connectivity index (χ2v) is 4.85. The number of allylic oxidation sites excluding steroid dienone is 1. The van der Waals surface area contributed by atoms with Gasteiger partial charge in [0, 0.05) is 5.92 Å². The van der Waals surface area contributed by atoms with Gasteiger partial charge in [0.25, 0.3) is 0 Å². The molecule has 1 unspecified atom stereocenters. The number of rotatable bonds is 4. The molecule has 0 aliphatic rings. The Balaban J connectivity index is 2.59. The number of benzene rings is 2. The van der Waals surface area contributed by atoms with Crippen molar-refractivity contribution in [2.75, 3.05) is 0 Å². The van der Waals surface area contributed by atoms with E-state index in [0.717, 1.165) is 11.1 Å². The van der Waals surface area contributed by atoms with Crippen LogP contribution >= 0.6 is 0 Å². The van der Waals surface area contributed by atoms with Crippen molar-refractivity contribution in [3.63, 3.8) is 0 Å². The molecule has 1 heteroatoms. The van der Waals surface area contributed by atoms with Gasteiger partial charge in [-0.25, -0.2) is 0 Å². The van der Waals surface area contributed by atoms with E-state index < -0.39 is 5.41 Å². The van der Waals surface area contributed by atoms with Crippen molar-refractivity contribution in [3.05, 3.63) is 84.4 Å². The summed E-state index contributed by atoms with van der Waals surface area (Å²) in [6.07, 6.45) is 1.75. The number of hydrogen-bond acceptors (Lipinski definition) is 1. The van der Waals surface area contributed by atoms with Crippen LogP contribution in [0.3, 0.4) is 0 Å². The topological polar surface area (TPSA) is 23.8 Å². The van der Waals surface area contributed by atoms with Crippen LogP contribution in [0.15, 0.2) is 73.3 Å². The lowest BCUT2D eigenvalue weighted by Crippen LogP contribution is -2.22. The van der Waals surface area contributed by atoms with Gasteiger partial charge in [-0.1, -0.05) is 66.7 Å². The van der Waals surface area contributed by atoms with E-state index in [1.54, 1.807) is 6.08 Å². The first-order valence-electron chi connectivity index (χ1n) is 6.36. The molecular formula is C18H17N. The quantitative estimate of drug-likeness (QED) is 0.728. The summed E-state index contributed by atoms with van der Waals surface area (Å²) in [7, 11) is 0. The van der Waals surface area contributed by atoms with Crippen LogP contribution in [0.2, 0.25) is 0 Å². The molecule has 0 aliphatic heterocycles. The highest BCUT2D eigenvalue weighted by atomic mass is 14.4. The highest BCUT2D eigenvalue weighted by molar-refractivity contribution is 5.39. The molecule has 2 rings (SSSR count). The Morgan fingerprint density at radius 2 is 1.42 bits per heavy atom. The summed E-state index contributed by atoms with van der Waals surface area (Å²) in [6.45, 7) is 5.79. The molecule has 0 aromatic heterocycles. The average Bonchev–Trinajstić information content (AvgIpc) is 2.49. The second-order valence-electron chi connectivity index (χ2n) is 4.85. The summed E-state index contributed by atoms with van der Waals surface area (Å²) < 4.78 is 0. The molecule has 0 aliphatic carbocycles. The third-order valence-corrected chi connectivity index (χ3v) is 3.53. The first-order valence-corrected chi connectivity index (χ1v) is 6.36. The molecular weight excluding hydrogens is 230 g/mol. The van der Waals surface area contributed by atoms with Gasteiger partial charge in [-0.15, -0.1) is 6.58 Å². The fourth-order valence-corrected chi connectivity index (χ4v) is 2.40. The number of nitrogens with zero attached hydrogens (tertiary/aromatic N) is 1. The average molecular weight is 247 g/mol. The molecule has 0 heterocycles. The van der Waals surface area contributed by atoms with Crippen molar-refractivity contribution < 1.29 is 0 Å². The van der Waals surface area contributed by atoms with Gasteiger partial charge >= 0.3 is 0 Å². The Hall–Kier alpha value is -2.33. The summed E-state index contributed by atoms with van der Waals surface area (Å²) in [6, 6.07) is 22.7. The van der Waals surface area contributed by atoms with E-state index in [0.29, 0.717) is 0 Å². The van der Waals surface area contributed by atoms with E-state index in [-0.39, 0.29) is 5.92 Å². The number of hydrogen-bond donors (Lipinski definition) is 0. The Morgan fingerprint density at radius 1 is 1.00 bits per heavy atom. The molecule has 19 heavy (non-hydrogen) atoms. The normalized spacial score (nSPS) is 13.5. The van der Waals surface area contributed by atoms with Gasteiger partial charge in [-0.05, 0) is 18.1 Å². The zero-order valence-corrected chi connectivity index (χ0v) is 11.1. The highest BCUT2D eigenvalue weighted by Crippen LogP contribution is 2.41. The van der Waals surface area contributed by atoms with E-state index in [9.17, 15) is 5.26 Å². The molecule has 0 fully saturated rings. The van der Waals surface area contributed by atoms with Crippen molar-refractivity contribution in [2.45, 2.75) is 12.8 Å². The zero-order chi connectivity index (χ0) is 13.7. The van der Waals surface area contributed by atoms with Crippen LogP contribution in [0.4, 0.5) is 0 Å². The van der Waals surface area contributed by atoms with Crippen LogP contribution in [0, 0.1) is 16.7 Å². The predicted octanol–water partition coefficient (Wildman–Crippen LogP) is 4.53. The highest BCUT2D eigenvalue weighted by Gasteiger charge is 2.33. The van der Waals surface area contributed by atoms with Crippen LogP contribution < -0.4 is 0 Å². The van der Waals surface area contributed by atoms with Crippen molar-refractivity contribution in [1.82, 2.24) is 0 Å². The van der Waals surface area contributed by atoms with E-state index in [1.807, 2.05) is 43.3 Å². The monoisotopic (exact) mass is 247 g/mol. The molecule has 0 saturated heterocycles. The van der Waals surface area contributed by atoms with Crippen LogP contribution in [-0.4, -0.2) is 0 Å². The first kappa shape index (κ1) is 13.1. The SMILES string of the molecule is C=CC(C)(C#N)C(c1ccccc1)c1ccccc1. The molecule has 0 saturated carbocycles. The molecule has 0 spiro atoms. The largest absolute Gasteiger partial charge is 0.197 e. The Bertz CT molecular complexity index is 541. The molecule has 1 nitrogen and oxygen atoms in total. The van der Waals surface area contributed by atoms with Gasteiger partial charge < -0.3 is 0 Å². The summed E-state index contributed by atoms with van der Waals surface area (Å²) in [5.74, 6) is -0.00241. The summed E-state index contributed by atoms with van der Waals surface area (Å²) in [5.41, 5.74) is 1.65. The fraction of sp³-hybridized carbons (Fsp3) is 0.167. The smallest absolute Gasteiger partial charge is 0.0831 e. The predicted molar refractivity (Wildman–Crippen MR) is 78.6 cm³/mol. The van der Waals surface area contributed by atoms with Gasteiger partial charge in [-0.2, -0.15) is 5.26 Å². The lowest BCUT2D eigenvalue weighted by Gasteiger charge is -2.29. The third kappa shape index (κ3) is 2.58. The van der Waals surface area contributed by atoms with Gasteiger partial charge in [0.1, 0.15) is 0 Å². The van der Waals surface area contributed by atoms with Gasteiger partial charge in [0.05, 0.1) is 11.5 Å². The lowest BCUT2D eigenvalue weighted by molar-refractivity contribution is 0.493. The summed E-state index contributed by atoms with van der Waals surface area (Å²) in [5, 5.41) is 9.56. The Morgan fingerprint density at radius 3 is 1.74 bits per heavy atom. The van der Waals surface area contributed by atoms with Gasteiger partial charge in [0.15, 0.2) is 0 Å². The molecule has 2 aromatic rings. The number of nitriles is 1. The minimum Gasteiger partial charge on any atom is -0.197 e. The van der Waals surface area contributed by atoms with Crippen LogP contribution in [0.5, 0.6) is 0 Å². The van der Waals surface area contributed by atoms with E-state index in [1.165, 1.54) is 0 Å². The maximum absolute atomic E-state index is 9.56. The summed E-state index contributed by atoms with van der Waals surface area (Å²) >= 11 is 0. The molecule has 0 amide bonds. The minimum atomic E-state index is -0.622. The molecule has 0 radical (unpaired) electrons. The zero-order valence-electron chi connectivity index (χ0n) is 11.1. The molecule has 2 aromatic carbocycles. The van der Waals surface area contributed by atoms with Crippen molar-refractivity contribution in [2.24, 2.45) is 5.41 Å². The van der Waals surface area contributed by atoms with Crippen LogP contribution in [0.1, 0.15) is 24.0 Å². The standard InChI is InChI=1S/C18H17N/c1-3-18(2,14-19)17(15-10-6-4-7-11-15)16-12-8-5-9-13-16/h3-13,17H,1H2,2H3. The first-order chi connectivity index (χ1) is 9.21. The van der Waals surface area contributed by atoms with Crippen molar-refractivity contribution >= 4 is 0 Å². The molecule has 0 N–H and O–H groups in total. The van der Waals surface area contributed by atoms with Crippen molar-refractivity contribution in [3.8, 4) is 6.07 Å². The Labute approximate surface area is 114 Å². The Kier molecular flexibility index (Phi) is 3.82. The fourth-order valence-electron chi connectivity index (χ4n) is 2.40. The van der Waals surface area contributed by atoms with E-state index in [4.69, 9.17) is 0 Å². The van der Waals surface area contributed by atoms with Crippen LogP contribution in [-0.2, 0) is 0 Å². The second kappa shape index (κ2) is 5.54. The van der Waals surface area contributed by atoms with Crippen LogP contribution in [0.25, 0.3) is 0 Å². The van der Waals surface area contributed by atoms with Crippen molar-refractivity contribution in [1.29, 1.82) is 5.26 Å². The maximum atomic E-state index is 9.56. The van der Waals surface area contributed by atoms with Gasteiger partial charge in [-0.3, -0.25) is 0 Å². The lowest BCUT2D eigenvalue weighted by atomic mass is 9.71. The molecule has 1 atom stereocenters. The molecule has 94 valence electrons. The third-order valence-electron chi connectivity index (χ3n) is 3.53. The minimum absolute atomic E-state index is 0.00241.